The summed E-state index contributed by atoms with van der Waals surface area (Å²) in [6.07, 6.45) is 1.61. The molecule has 2 heterocycles. The highest BCUT2D eigenvalue weighted by Gasteiger charge is 2.20. The zero-order valence-electron chi connectivity index (χ0n) is 7.92. The first kappa shape index (κ1) is 11.5. The van der Waals surface area contributed by atoms with Crippen LogP contribution < -0.4 is 4.24 Å². The number of thiophene rings is 1. The molecule has 4 nitrogen and oxygen atoms in total. The van der Waals surface area contributed by atoms with Gasteiger partial charge in [-0.1, -0.05) is 6.07 Å². The van der Waals surface area contributed by atoms with Crippen molar-refractivity contribution in [1.82, 2.24) is 9.23 Å². The van der Waals surface area contributed by atoms with E-state index in [1.165, 1.54) is 0 Å². The van der Waals surface area contributed by atoms with Gasteiger partial charge in [-0.15, -0.1) is 15.6 Å². The van der Waals surface area contributed by atoms with E-state index in [-0.39, 0.29) is 4.21 Å². The maximum Gasteiger partial charge on any atom is 0.264 e. The Bertz CT molecular complexity index is 581. The lowest BCUT2D eigenvalue weighted by Crippen LogP contribution is -2.12. The van der Waals surface area contributed by atoms with Gasteiger partial charge in [-0.25, -0.2) is 8.42 Å². The van der Waals surface area contributed by atoms with Crippen molar-refractivity contribution in [1.29, 1.82) is 0 Å². The highest BCUT2D eigenvalue weighted by Crippen LogP contribution is 2.30. The van der Waals surface area contributed by atoms with Gasteiger partial charge in [-0.05, 0) is 35.4 Å². The van der Waals surface area contributed by atoms with Crippen LogP contribution in [-0.2, 0) is 10.0 Å². The number of nitrogens with zero attached hydrogens (tertiary/aromatic N) is 1. The smallest absolute Gasteiger partial charge is 0.256 e. The summed E-state index contributed by atoms with van der Waals surface area (Å²) in [5.41, 5.74) is 1.16. The molecule has 0 saturated carbocycles. The molecule has 0 unspecified atom stereocenters. The van der Waals surface area contributed by atoms with E-state index in [9.17, 15) is 8.42 Å². The van der Waals surface area contributed by atoms with Crippen LogP contribution in [0, 0.1) is 0 Å². The third-order valence-corrected chi connectivity index (χ3v) is 5.09. The average molecular weight is 275 g/mol. The molecule has 7 heteroatoms. The Labute approximate surface area is 102 Å². The fraction of sp³-hybridized carbons (Fsp3) is 0. The van der Waals surface area contributed by atoms with Gasteiger partial charge in [0.15, 0.2) is 0 Å². The third kappa shape index (κ3) is 2.10. The lowest BCUT2D eigenvalue weighted by molar-refractivity contribution is 0.596. The van der Waals surface area contributed by atoms with E-state index >= 15 is 0 Å². The van der Waals surface area contributed by atoms with Crippen LogP contribution in [0.25, 0.3) is 11.3 Å². The van der Waals surface area contributed by atoms with Crippen molar-refractivity contribution in [2.75, 3.05) is 0 Å². The minimum Gasteiger partial charge on any atom is -0.256 e. The standard InChI is InChI=1S/C9H7ClN2O2S2/c10-12-16(13,14)9-7(4-6-15-9)8-3-1-2-5-11-8/h1-6,12H. The predicted molar refractivity (Wildman–Crippen MR) is 63.7 cm³/mol. The van der Waals surface area contributed by atoms with Gasteiger partial charge in [0.05, 0.1) is 5.69 Å². The molecule has 0 saturated heterocycles. The Balaban J connectivity index is 2.58. The monoisotopic (exact) mass is 274 g/mol. The van der Waals surface area contributed by atoms with Gasteiger partial charge in [0.1, 0.15) is 4.21 Å². The second-order valence-corrected chi connectivity index (χ2v) is 6.12. The number of hydrogen-bond donors (Lipinski definition) is 1. The highest BCUT2D eigenvalue weighted by molar-refractivity contribution is 7.92. The molecule has 0 aromatic carbocycles. The van der Waals surface area contributed by atoms with Gasteiger partial charge in [0.25, 0.3) is 10.0 Å². The lowest BCUT2D eigenvalue weighted by Gasteiger charge is -2.02. The molecule has 0 aliphatic heterocycles. The van der Waals surface area contributed by atoms with Crippen molar-refractivity contribution in [2.45, 2.75) is 4.21 Å². The minimum absolute atomic E-state index is 0.168. The molecule has 2 aromatic heterocycles. The van der Waals surface area contributed by atoms with Crippen LogP contribution in [0.2, 0.25) is 0 Å². The molecule has 0 bridgehead atoms. The zero-order chi connectivity index (χ0) is 11.6. The minimum atomic E-state index is -3.64. The van der Waals surface area contributed by atoms with Crippen LogP contribution >= 0.6 is 23.1 Å². The van der Waals surface area contributed by atoms with E-state index in [2.05, 4.69) is 4.98 Å². The number of hydrogen-bond acceptors (Lipinski definition) is 4. The number of sulfonamides is 1. The quantitative estimate of drug-likeness (QED) is 0.874. The SMILES string of the molecule is O=S(=O)(NCl)c1sccc1-c1ccccn1. The highest BCUT2D eigenvalue weighted by atomic mass is 35.5. The molecule has 0 atom stereocenters. The first-order valence-electron chi connectivity index (χ1n) is 4.26. The summed E-state index contributed by atoms with van der Waals surface area (Å²) in [7, 11) is -3.64. The van der Waals surface area contributed by atoms with Crippen molar-refractivity contribution >= 4 is 33.1 Å². The molecule has 0 aliphatic rings. The Morgan fingerprint density at radius 2 is 2.12 bits per heavy atom. The predicted octanol–water partition coefficient (Wildman–Crippen LogP) is 2.24. The summed E-state index contributed by atoms with van der Waals surface area (Å²) in [6.45, 7) is 0. The molecule has 16 heavy (non-hydrogen) atoms. The Morgan fingerprint density at radius 1 is 1.31 bits per heavy atom. The second kappa shape index (κ2) is 4.50. The summed E-state index contributed by atoms with van der Waals surface area (Å²) in [4.78, 5) is 4.10. The van der Waals surface area contributed by atoms with Crippen molar-refractivity contribution in [3.63, 3.8) is 0 Å². The van der Waals surface area contributed by atoms with E-state index in [1.807, 2.05) is 0 Å². The van der Waals surface area contributed by atoms with E-state index in [0.29, 0.717) is 11.3 Å². The molecule has 0 fully saturated rings. The number of aromatic nitrogens is 1. The van der Waals surface area contributed by atoms with Gasteiger partial charge in [-0.3, -0.25) is 4.98 Å². The number of pyridine rings is 1. The van der Waals surface area contributed by atoms with Crippen LogP contribution in [0.1, 0.15) is 0 Å². The van der Waals surface area contributed by atoms with E-state index in [1.54, 1.807) is 40.1 Å². The van der Waals surface area contributed by atoms with Gasteiger partial charge in [-0.2, -0.15) is 0 Å². The molecular formula is C9H7ClN2O2S2. The summed E-state index contributed by atoms with van der Waals surface area (Å²) >= 11 is 6.29. The van der Waals surface area contributed by atoms with Crippen LogP contribution in [0.5, 0.6) is 0 Å². The van der Waals surface area contributed by atoms with Crippen molar-refractivity contribution < 1.29 is 8.42 Å². The Kier molecular flexibility index (Phi) is 3.25. The largest absolute Gasteiger partial charge is 0.264 e. The fourth-order valence-corrected chi connectivity index (χ4v) is 3.58. The molecule has 1 N–H and O–H groups in total. The molecule has 0 radical (unpaired) electrons. The van der Waals surface area contributed by atoms with Crippen molar-refractivity contribution in [3.05, 3.63) is 35.8 Å². The molecule has 0 spiro atoms. The third-order valence-electron chi connectivity index (χ3n) is 1.92. The lowest BCUT2D eigenvalue weighted by atomic mass is 10.2. The molecular weight excluding hydrogens is 268 g/mol. The number of halogens is 1. The van der Waals surface area contributed by atoms with Crippen LogP contribution in [-0.4, -0.2) is 13.4 Å². The van der Waals surface area contributed by atoms with Crippen LogP contribution in [0.15, 0.2) is 40.1 Å². The summed E-state index contributed by atoms with van der Waals surface area (Å²) < 4.78 is 25.1. The van der Waals surface area contributed by atoms with Gasteiger partial charge < -0.3 is 0 Å². The topological polar surface area (TPSA) is 59.1 Å². The maximum atomic E-state index is 11.6. The van der Waals surface area contributed by atoms with E-state index in [4.69, 9.17) is 11.8 Å². The first-order chi connectivity index (χ1) is 7.65. The van der Waals surface area contributed by atoms with Crippen LogP contribution in [0.4, 0.5) is 0 Å². The van der Waals surface area contributed by atoms with Gasteiger partial charge >= 0.3 is 0 Å². The average Bonchev–Trinajstić information content (AvgIpc) is 2.80. The molecule has 2 rings (SSSR count). The Morgan fingerprint density at radius 3 is 2.75 bits per heavy atom. The van der Waals surface area contributed by atoms with Gasteiger partial charge in [0.2, 0.25) is 0 Å². The second-order valence-electron chi connectivity index (χ2n) is 2.92. The zero-order valence-corrected chi connectivity index (χ0v) is 10.3. The number of rotatable bonds is 3. The molecule has 84 valence electrons. The number of nitrogens with one attached hydrogen (secondary N) is 1. The first-order valence-corrected chi connectivity index (χ1v) is 7.00. The maximum absolute atomic E-state index is 11.6. The van der Waals surface area contributed by atoms with Crippen LogP contribution in [0.3, 0.4) is 0 Å². The molecule has 2 aromatic rings. The Hall–Kier alpha value is -0.950. The van der Waals surface area contributed by atoms with Crippen molar-refractivity contribution in [3.8, 4) is 11.3 Å². The summed E-state index contributed by atoms with van der Waals surface area (Å²) in [5, 5.41) is 1.69. The molecule has 0 aliphatic carbocycles. The molecule has 0 amide bonds. The summed E-state index contributed by atoms with van der Waals surface area (Å²) in [5.74, 6) is 0. The fourth-order valence-electron chi connectivity index (χ4n) is 1.25. The van der Waals surface area contributed by atoms with Gasteiger partial charge in [0, 0.05) is 11.8 Å². The van der Waals surface area contributed by atoms with E-state index < -0.39 is 10.0 Å². The normalized spacial score (nSPS) is 11.6. The van der Waals surface area contributed by atoms with Crippen molar-refractivity contribution in [2.24, 2.45) is 0 Å². The summed E-state index contributed by atoms with van der Waals surface area (Å²) in [6, 6.07) is 7.01. The van der Waals surface area contributed by atoms with E-state index in [0.717, 1.165) is 11.3 Å².